The normalized spacial score (nSPS) is 40.6. The van der Waals surface area contributed by atoms with Crippen molar-refractivity contribution in [2.45, 2.75) is 32.4 Å². The van der Waals surface area contributed by atoms with E-state index in [2.05, 4.69) is 0 Å². The Morgan fingerprint density at radius 2 is 2.30 bits per heavy atom. The third-order valence-electron chi connectivity index (χ3n) is 2.22. The van der Waals surface area contributed by atoms with Crippen LogP contribution in [-0.4, -0.2) is 25.7 Å². The monoisotopic (exact) mass is 140 g/mol. The Hall–Kier alpha value is -0.305. The molecule has 1 heterocycles. The van der Waals surface area contributed by atoms with Gasteiger partial charge in [-0.2, -0.15) is 0 Å². The maximum Gasteiger partial charge on any atom is 0.166 e. The van der Waals surface area contributed by atoms with Crippen molar-refractivity contribution in [1.29, 1.82) is 0 Å². The molecular weight excluding hydrogens is 127 g/mol. The van der Waals surface area contributed by atoms with Gasteiger partial charge in [-0.05, 0) is 6.42 Å². The van der Waals surface area contributed by atoms with Gasteiger partial charge in [-0.15, -0.1) is 0 Å². The fraction of sp³-hybridized carbons (Fsp3) is 0.857. The number of carbonyl (C=O) groups excluding carboxylic acids is 1. The number of hydrogen-bond acceptors (Lipinski definition) is 2. The highest BCUT2D eigenvalue weighted by Gasteiger charge is 2.35. The van der Waals surface area contributed by atoms with E-state index in [0.29, 0.717) is 0 Å². The van der Waals surface area contributed by atoms with E-state index in [0.717, 1.165) is 6.42 Å². The molecule has 0 spiro atoms. The Morgan fingerprint density at radius 1 is 1.70 bits per heavy atom. The van der Waals surface area contributed by atoms with Crippen LogP contribution in [0.25, 0.3) is 0 Å². The smallest absolute Gasteiger partial charge is 0.166 e. The molecule has 0 aliphatic carbocycles. The van der Waals surface area contributed by atoms with E-state index in [9.17, 15) is 4.79 Å². The van der Waals surface area contributed by atoms with Gasteiger partial charge in [0.15, 0.2) is 5.78 Å². The van der Waals surface area contributed by atoms with Crippen LogP contribution < -0.4 is 0 Å². The van der Waals surface area contributed by atoms with Crippen molar-refractivity contribution in [3.8, 4) is 0 Å². The summed E-state index contributed by atoms with van der Waals surface area (Å²) in [5, 5.41) is 0. The van der Waals surface area contributed by atoms with Gasteiger partial charge in [0.2, 0.25) is 0 Å². The lowest BCUT2D eigenvalue weighted by molar-refractivity contribution is -0.124. The minimum atomic E-state index is -0.120. The molecule has 3 atom stereocenters. The van der Waals surface area contributed by atoms with E-state index >= 15 is 0 Å². The number of carbonyl (C=O) groups is 1. The summed E-state index contributed by atoms with van der Waals surface area (Å²) in [6.45, 7) is 3.91. The SMILES string of the molecule is B[C@H]1O[C@@H](CC)C(=O)[C@@H]1C. The van der Waals surface area contributed by atoms with E-state index in [1.807, 2.05) is 21.7 Å². The predicted octanol–water partition coefficient (Wildman–Crippen LogP) is -0.0404. The van der Waals surface area contributed by atoms with Gasteiger partial charge in [0.05, 0.1) is 0 Å². The van der Waals surface area contributed by atoms with Crippen LogP contribution in [-0.2, 0) is 9.53 Å². The third kappa shape index (κ3) is 1.10. The maximum absolute atomic E-state index is 11.2. The van der Waals surface area contributed by atoms with Crippen LogP contribution in [0.3, 0.4) is 0 Å². The van der Waals surface area contributed by atoms with E-state index in [1.54, 1.807) is 0 Å². The van der Waals surface area contributed by atoms with E-state index < -0.39 is 0 Å². The average molecular weight is 140 g/mol. The Balaban J connectivity index is 2.62. The van der Waals surface area contributed by atoms with Crippen molar-refractivity contribution in [1.82, 2.24) is 0 Å². The Labute approximate surface area is 62.3 Å². The topological polar surface area (TPSA) is 26.3 Å². The Bertz CT molecular complexity index is 147. The Kier molecular flexibility index (Phi) is 2.14. The van der Waals surface area contributed by atoms with Crippen LogP contribution in [0.2, 0.25) is 0 Å². The molecule has 0 saturated carbocycles. The number of Topliss-reactive ketones (excluding diaryl/α,β-unsaturated/α-hetero) is 1. The zero-order chi connectivity index (χ0) is 7.72. The van der Waals surface area contributed by atoms with Crippen molar-refractivity contribution in [3.63, 3.8) is 0 Å². The zero-order valence-corrected chi connectivity index (χ0v) is 6.76. The largest absolute Gasteiger partial charge is 0.376 e. The molecule has 0 aromatic carbocycles. The number of rotatable bonds is 1. The van der Waals surface area contributed by atoms with Crippen LogP contribution in [0.5, 0.6) is 0 Å². The van der Waals surface area contributed by atoms with Crippen LogP contribution in [0, 0.1) is 5.92 Å². The molecule has 2 nitrogen and oxygen atoms in total. The molecule has 0 N–H and O–H groups in total. The molecule has 0 radical (unpaired) electrons. The summed E-state index contributed by atoms with van der Waals surface area (Å²) in [5.74, 6) is 0.375. The minimum Gasteiger partial charge on any atom is -0.376 e. The van der Waals surface area contributed by atoms with Gasteiger partial charge in [-0.3, -0.25) is 4.79 Å². The molecular formula is C7H13BO2. The first-order valence-corrected chi connectivity index (χ1v) is 3.86. The van der Waals surface area contributed by atoms with Crippen molar-refractivity contribution in [2.75, 3.05) is 0 Å². The summed E-state index contributed by atoms with van der Waals surface area (Å²) in [6, 6.07) is 0.123. The molecule has 0 aromatic rings. The summed E-state index contributed by atoms with van der Waals surface area (Å²) >= 11 is 0. The molecule has 1 saturated heterocycles. The first kappa shape index (κ1) is 7.80. The molecule has 1 aliphatic rings. The predicted molar refractivity (Wildman–Crippen MR) is 41.7 cm³/mol. The van der Waals surface area contributed by atoms with E-state index in [4.69, 9.17) is 4.74 Å². The molecule has 0 amide bonds. The molecule has 1 aliphatic heterocycles. The van der Waals surface area contributed by atoms with Crippen LogP contribution in [0.4, 0.5) is 0 Å². The molecule has 0 bridgehead atoms. The molecule has 56 valence electrons. The van der Waals surface area contributed by atoms with Gasteiger partial charge in [0.25, 0.3) is 0 Å². The van der Waals surface area contributed by atoms with E-state index in [-0.39, 0.29) is 23.8 Å². The molecule has 0 unspecified atom stereocenters. The first-order valence-electron chi connectivity index (χ1n) is 3.86. The number of ketones is 1. The third-order valence-corrected chi connectivity index (χ3v) is 2.22. The highest BCUT2D eigenvalue weighted by atomic mass is 16.5. The molecule has 1 rings (SSSR count). The van der Waals surface area contributed by atoms with Gasteiger partial charge >= 0.3 is 0 Å². The summed E-state index contributed by atoms with van der Waals surface area (Å²) in [5.41, 5.74) is 0. The van der Waals surface area contributed by atoms with Gasteiger partial charge < -0.3 is 4.74 Å². The second-order valence-electron chi connectivity index (χ2n) is 2.93. The fourth-order valence-corrected chi connectivity index (χ4v) is 1.27. The van der Waals surface area contributed by atoms with Crippen LogP contribution in [0.1, 0.15) is 20.3 Å². The van der Waals surface area contributed by atoms with Gasteiger partial charge in [0.1, 0.15) is 14.0 Å². The minimum absolute atomic E-state index is 0.102. The number of ether oxygens (including phenoxy) is 1. The molecule has 0 aromatic heterocycles. The summed E-state index contributed by atoms with van der Waals surface area (Å²) in [4.78, 5) is 11.2. The average Bonchev–Trinajstić information content (AvgIpc) is 2.17. The lowest BCUT2D eigenvalue weighted by Crippen LogP contribution is -2.18. The van der Waals surface area contributed by atoms with Crippen LogP contribution in [0.15, 0.2) is 0 Å². The summed E-state index contributed by atoms with van der Waals surface area (Å²) < 4.78 is 5.39. The highest BCUT2D eigenvalue weighted by molar-refractivity contribution is 6.14. The lowest BCUT2D eigenvalue weighted by atomic mass is 9.87. The maximum atomic E-state index is 11.2. The lowest BCUT2D eigenvalue weighted by Gasteiger charge is -2.05. The quantitative estimate of drug-likeness (QED) is 0.477. The fourth-order valence-electron chi connectivity index (χ4n) is 1.27. The molecule has 3 heteroatoms. The second-order valence-corrected chi connectivity index (χ2v) is 2.93. The number of hydrogen-bond donors (Lipinski definition) is 0. The second kappa shape index (κ2) is 2.75. The van der Waals surface area contributed by atoms with Crippen molar-refractivity contribution < 1.29 is 9.53 Å². The Morgan fingerprint density at radius 3 is 2.50 bits per heavy atom. The zero-order valence-electron chi connectivity index (χ0n) is 6.76. The van der Waals surface area contributed by atoms with E-state index in [1.165, 1.54) is 0 Å². The summed E-state index contributed by atoms with van der Waals surface area (Å²) in [7, 11) is 1.96. The van der Waals surface area contributed by atoms with Crippen molar-refractivity contribution >= 4 is 13.6 Å². The van der Waals surface area contributed by atoms with Gasteiger partial charge in [0, 0.05) is 11.9 Å². The van der Waals surface area contributed by atoms with Gasteiger partial charge in [-0.25, -0.2) is 0 Å². The standard InChI is InChI=1S/C7H13BO2/c1-3-5-6(9)4(2)7(8)10-5/h4-5,7H,3,8H2,1-2H3/t4-,5-,7-/m0/s1. The molecule has 1 fully saturated rings. The molecule has 10 heavy (non-hydrogen) atoms. The highest BCUT2D eigenvalue weighted by Crippen LogP contribution is 2.21. The van der Waals surface area contributed by atoms with Crippen molar-refractivity contribution in [2.24, 2.45) is 5.92 Å². The first-order chi connectivity index (χ1) is 4.66. The van der Waals surface area contributed by atoms with Crippen LogP contribution >= 0.6 is 0 Å². The van der Waals surface area contributed by atoms with Gasteiger partial charge in [-0.1, -0.05) is 13.8 Å². The van der Waals surface area contributed by atoms with Crippen molar-refractivity contribution in [3.05, 3.63) is 0 Å². The summed E-state index contributed by atoms with van der Waals surface area (Å²) in [6.07, 6.45) is 0.693.